The average molecular weight is 275 g/mol. The van der Waals surface area contributed by atoms with Crippen molar-refractivity contribution in [3.8, 4) is 11.3 Å². The van der Waals surface area contributed by atoms with Gasteiger partial charge >= 0.3 is 0 Å². The average Bonchev–Trinajstić information content (AvgIpc) is 2.56. The van der Waals surface area contributed by atoms with E-state index in [-0.39, 0.29) is 0 Å². The monoisotopic (exact) mass is 275 g/mol. The van der Waals surface area contributed by atoms with Crippen LogP contribution in [0.3, 0.4) is 0 Å². The van der Waals surface area contributed by atoms with Crippen molar-refractivity contribution in [3.63, 3.8) is 0 Å². The van der Waals surface area contributed by atoms with Crippen LogP contribution in [0.15, 0.2) is 66.9 Å². The maximum atomic E-state index is 4.57. The highest BCUT2D eigenvalue weighted by Crippen LogP contribution is 2.20. The molecular formula is C18H17N3. The normalized spacial score (nSPS) is 10.3. The van der Waals surface area contributed by atoms with E-state index >= 15 is 0 Å². The number of nitrogens with one attached hydrogen (secondary N) is 1. The Bertz CT molecular complexity index is 706. The first-order valence-electron chi connectivity index (χ1n) is 7.09. The minimum atomic E-state index is 0.610. The zero-order valence-electron chi connectivity index (χ0n) is 12.0. The molecule has 0 unspecified atom stereocenters. The molecule has 3 nitrogen and oxygen atoms in total. The number of aryl methyl sites for hydroxylation is 1. The molecular weight excluding hydrogens is 258 g/mol. The molecule has 0 saturated heterocycles. The summed E-state index contributed by atoms with van der Waals surface area (Å²) in [5, 5.41) is 3.21. The van der Waals surface area contributed by atoms with Gasteiger partial charge in [-0.05, 0) is 30.2 Å². The molecule has 1 heterocycles. The minimum Gasteiger partial charge on any atom is -0.324 e. The molecule has 2 aromatic carbocycles. The lowest BCUT2D eigenvalue weighted by molar-refractivity contribution is 1.14. The molecule has 0 spiro atoms. The largest absolute Gasteiger partial charge is 0.324 e. The second-order valence-corrected chi connectivity index (χ2v) is 4.81. The molecule has 3 heteroatoms. The van der Waals surface area contributed by atoms with Gasteiger partial charge in [0.15, 0.2) is 0 Å². The molecule has 0 radical (unpaired) electrons. The van der Waals surface area contributed by atoms with E-state index in [0.717, 1.165) is 23.4 Å². The second kappa shape index (κ2) is 6.18. The van der Waals surface area contributed by atoms with Crippen LogP contribution < -0.4 is 5.32 Å². The molecule has 0 fully saturated rings. The molecule has 3 rings (SSSR count). The molecule has 0 aliphatic carbocycles. The van der Waals surface area contributed by atoms with Crippen molar-refractivity contribution in [1.29, 1.82) is 0 Å². The summed E-state index contributed by atoms with van der Waals surface area (Å²) >= 11 is 0. The van der Waals surface area contributed by atoms with Crippen molar-refractivity contribution in [1.82, 2.24) is 9.97 Å². The van der Waals surface area contributed by atoms with Gasteiger partial charge in [-0.3, -0.25) is 0 Å². The van der Waals surface area contributed by atoms with Crippen molar-refractivity contribution in [2.24, 2.45) is 0 Å². The van der Waals surface area contributed by atoms with Crippen molar-refractivity contribution in [3.05, 3.63) is 72.4 Å². The SMILES string of the molecule is CCc1ccc(-c2ccnc(Nc3ccccc3)n2)cc1. The lowest BCUT2D eigenvalue weighted by atomic mass is 10.1. The van der Waals surface area contributed by atoms with Crippen LogP contribution in [0.1, 0.15) is 12.5 Å². The maximum Gasteiger partial charge on any atom is 0.227 e. The Labute approximate surface area is 124 Å². The summed E-state index contributed by atoms with van der Waals surface area (Å²) in [7, 11) is 0. The van der Waals surface area contributed by atoms with Gasteiger partial charge in [-0.15, -0.1) is 0 Å². The van der Waals surface area contributed by atoms with Crippen LogP contribution in [0.2, 0.25) is 0 Å². The highest BCUT2D eigenvalue weighted by Gasteiger charge is 2.02. The molecule has 0 aliphatic heterocycles. The maximum absolute atomic E-state index is 4.57. The summed E-state index contributed by atoms with van der Waals surface area (Å²) in [5.74, 6) is 0.610. The van der Waals surface area contributed by atoms with Crippen LogP contribution in [-0.2, 0) is 6.42 Å². The van der Waals surface area contributed by atoms with Crippen LogP contribution in [0, 0.1) is 0 Å². The fourth-order valence-corrected chi connectivity index (χ4v) is 2.14. The predicted octanol–water partition coefficient (Wildman–Crippen LogP) is 4.45. The molecule has 3 aromatic rings. The second-order valence-electron chi connectivity index (χ2n) is 4.81. The molecule has 1 N–H and O–H groups in total. The predicted molar refractivity (Wildman–Crippen MR) is 86.6 cm³/mol. The summed E-state index contributed by atoms with van der Waals surface area (Å²) in [6.45, 7) is 2.15. The third-order valence-corrected chi connectivity index (χ3v) is 3.34. The number of aromatic nitrogens is 2. The zero-order valence-corrected chi connectivity index (χ0v) is 12.0. The van der Waals surface area contributed by atoms with E-state index in [4.69, 9.17) is 0 Å². The van der Waals surface area contributed by atoms with Crippen LogP contribution >= 0.6 is 0 Å². The van der Waals surface area contributed by atoms with E-state index < -0.39 is 0 Å². The molecule has 21 heavy (non-hydrogen) atoms. The van der Waals surface area contributed by atoms with Crippen molar-refractivity contribution in [2.45, 2.75) is 13.3 Å². The van der Waals surface area contributed by atoms with E-state index in [1.807, 2.05) is 36.4 Å². The smallest absolute Gasteiger partial charge is 0.227 e. The van der Waals surface area contributed by atoms with Gasteiger partial charge in [0.05, 0.1) is 5.69 Å². The van der Waals surface area contributed by atoms with Crippen LogP contribution in [0.25, 0.3) is 11.3 Å². The molecule has 0 aliphatic rings. The molecule has 104 valence electrons. The quantitative estimate of drug-likeness (QED) is 0.764. The summed E-state index contributed by atoms with van der Waals surface area (Å²) in [6.07, 6.45) is 2.83. The molecule has 0 amide bonds. The van der Waals surface area contributed by atoms with E-state index in [1.165, 1.54) is 5.56 Å². The van der Waals surface area contributed by atoms with Crippen LogP contribution in [0.4, 0.5) is 11.6 Å². The Hall–Kier alpha value is -2.68. The highest BCUT2D eigenvalue weighted by atomic mass is 15.1. The Morgan fingerprint density at radius 3 is 2.38 bits per heavy atom. The van der Waals surface area contributed by atoms with Crippen molar-refractivity contribution < 1.29 is 0 Å². The minimum absolute atomic E-state index is 0.610. The zero-order chi connectivity index (χ0) is 14.5. The lowest BCUT2D eigenvalue weighted by Crippen LogP contribution is -1.97. The third kappa shape index (κ3) is 3.26. The molecule has 0 saturated carbocycles. The first kappa shape index (κ1) is 13.3. The molecule has 1 aromatic heterocycles. The first-order valence-corrected chi connectivity index (χ1v) is 7.09. The number of anilines is 2. The van der Waals surface area contributed by atoms with Crippen molar-refractivity contribution >= 4 is 11.6 Å². The van der Waals surface area contributed by atoms with E-state index in [0.29, 0.717) is 5.95 Å². The van der Waals surface area contributed by atoms with Gasteiger partial charge in [0.25, 0.3) is 0 Å². The van der Waals surface area contributed by atoms with Gasteiger partial charge in [-0.25, -0.2) is 9.97 Å². The summed E-state index contributed by atoms with van der Waals surface area (Å²) in [5.41, 5.74) is 4.34. The Morgan fingerprint density at radius 2 is 1.67 bits per heavy atom. The van der Waals surface area contributed by atoms with E-state index in [2.05, 4.69) is 46.5 Å². The Kier molecular flexibility index (Phi) is 3.92. The number of para-hydroxylation sites is 1. The fraction of sp³-hybridized carbons (Fsp3) is 0.111. The van der Waals surface area contributed by atoms with Gasteiger partial charge < -0.3 is 5.32 Å². The molecule has 0 atom stereocenters. The summed E-state index contributed by atoms with van der Waals surface area (Å²) in [6, 6.07) is 20.3. The highest BCUT2D eigenvalue weighted by molar-refractivity contribution is 5.62. The van der Waals surface area contributed by atoms with Gasteiger partial charge in [0.2, 0.25) is 5.95 Å². The van der Waals surface area contributed by atoms with E-state index in [9.17, 15) is 0 Å². The standard InChI is InChI=1S/C18H17N3/c1-2-14-8-10-15(11-9-14)17-12-13-19-18(21-17)20-16-6-4-3-5-7-16/h3-13H,2H2,1H3,(H,19,20,21). The number of hydrogen-bond acceptors (Lipinski definition) is 3. The van der Waals surface area contributed by atoms with Gasteiger partial charge in [0, 0.05) is 17.4 Å². The van der Waals surface area contributed by atoms with Crippen molar-refractivity contribution in [2.75, 3.05) is 5.32 Å². The Balaban J connectivity index is 1.85. The molecule has 0 bridgehead atoms. The van der Waals surface area contributed by atoms with Gasteiger partial charge in [0.1, 0.15) is 0 Å². The Morgan fingerprint density at radius 1 is 0.905 bits per heavy atom. The number of hydrogen-bond donors (Lipinski definition) is 1. The lowest BCUT2D eigenvalue weighted by Gasteiger charge is -2.07. The number of nitrogens with zero attached hydrogens (tertiary/aromatic N) is 2. The van der Waals surface area contributed by atoms with Gasteiger partial charge in [-0.2, -0.15) is 0 Å². The number of benzene rings is 2. The number of rotatable bonds is 4. The van der Waals surface area contributed by atoms with Crippen LogP contribution in [-0.4, -0.2) is 9.97 Å². The van der Waals surface area contributed by atoms with Crippen LogP contribution in [0.5, 0.6) is 0 Å². The van der Waals surface area contributed by atoms with E-state index in [1.54, 1.807) is 6.20 Å². The third-order valence-electron chi connectivity index (χ3n) is 3.34. The topological polar surface area (TPSA) is 37.8 Å². The van der Waals surface area contributed by atoms with Gasteiger partial charge in [-0.1, -0.05) is 49.4 Å². The fourth-order valence-electron chi connectivity index (χ4n) is 2.14. The summed E-state index contributed by atoms with van der Waals surface area (Å²) in [4.78, 5) is 8.84. The summed E-state index contributed by atoms with van der Waals surface area (Å²) < 4.78 is 0. The first-order chi connectivity index (χ1) is 10.3.